The number of ether oxygens (including phenoxy) is 4. The molecule has 2 saturated heterocycles. The van der Waals surface area contributed by atoms with Crippen molar-refractivity contribution in [1.82, 2.24) is 0 Å². The van der Waals surface area contributed by atoms with E-state index in [0.717, 1.165) is 0 Å². The third-order valence-corrected chi connectivity index (χ3v) is 6.72. The van der Waals surface area contributed by atoms with Gasteiger partial charge >= 0.3 is 0 Å². The van der Waals surface area contributed by atoms with Crippen LogP contribution < -0.4 is 10.2 Å². The van der Waals surface area contributed by atoms with E-state index in [9.17, 15) is 40.5 Å². The van der Waals surface area contributed by atoms with Crippen LogP contribution >= 0.6 is 0 Å². The normalized spacial score (nSPS) is 33.2. The van der Waals surface area contributed by atoms with E-state index in [1.54, 1.807) is 12.1 Å². The molecular weight excluding hydrogens is 520 g/mol. The SMILES string of the molecule is O=c1c(-c2ccc(O)cc2)coc2cc(O[C@@H]3O[C@H](CO[C@@H]4OC[C@H](O)[C@H](O)[C@H]4O)[C@@H](O)[C@H](O)[C@H]3O)ccc12. The highest BCUT2D eigenvalue weighted by Crippen LogP contribution is 2.28. The van der Waals surface area contributed by atoms with E-state index in [2.05, 4.69) is 0 Å². The summed E-state index contributed by atoms with van der Waals surface area (Å²) in [5, 5.41) is 70.2. The molecule has 0 unspecified atom stereocenters. The van der Waals surface area contributed by atoms with Crippen LogP contribution in [0.1, 0.15) is 0 Å². The molecule has 0 spiro atoms. The van der Waals surface area contributed by atoms with E-state index in [1.165, 1.54) is 36.6 Å². The molecule has 13 nitrogen and oxygen atoms in total. The second-order valence-corrected chi connectivity index (χ2v) is 9.40. The van der Waals surface area contributed by atoms with E-state index in [0.29, 0.717) is 5.56 Å². The minimum Gasteiger partial charge on any atom is -0.508 e. The van der Waals surface area contributed by atoms with Gasteiger partial charge in [-0.2, -0.15) is 0 Å². The van der Waals surface area contributed by atoms with Crippen molar-refractivity contribution in [3.05, 3.63) is 59.0 Å². The number of aliphatic hydroxyl groups is 6. The van der Waals surface area contributed by atoms with Crippen LogP contribution in [0.25, 0.3) is 22.1 Å². The van der Waals surface area contributed by atoms with Crippen molar-refractivity contribution in [1.29, 1.82) is 0 Å². The smallest absolute Gasteiger partial charge is 0.229 e. The summed E-state index contributed by atoms with van der Waals surface area (Å²) in [5.74, 6) is 0.182. The first-order chi connectivity index (χ1) is 18.6. The molecule has 210 valence electrons. The fraction of sp³-hybridized carbons (Fsp3) is 0.423. The summed E-state index contributed by atoms with van der Waals surface area (Å²) in [6.07, 6.45) is -12.1. The molecule has 2 aliphatic rings. The molecule has 0 saturated carbocycles. The maximum atomic E-state index is 13.0. The Hall–Kier alpha value is -3.11. The van der Waals surface area contributed by atoms with Crippen LogP contribution in [0, 0.1) is 0 Å². The zero-order chi connectivity index (χ0) is 27.8. The van der Waals surface area contributed by atoms with Gasteiger partial charge in [-0.15, -0.1) is 0 Å². The van der Waals surface area contributed by atoms with Crippen molar-refractivity contribution in [3.8, 4) is 22.6 Å². The van der Waals surface area contributed by atoms with E-state index in [-0.39, 0.29) is 40.1 Å². The van der Waals surface area contributed by atoms with Gasteiger partial charge in [0.25, 0.3) is 0 Å². The van der Waals surface area contributed by atoms with Gasteiger partial charge in [-0.05, 0) is 29.8 Å². The average Bonchev–Trinajstić information content (AvgIpc) is 2.93. The molecule has 5 rings (SSSR count). The first kappa shape index (κ1) is 27.5. The van der Waals surface area contributed by atoms with Gasteiger partial charge in [0.2, 0.25) is 6.29 Å². The van der Waals surface area contributed by atoms with Crippen molar-refractivity contribution in [2.45, 2.75) is 55.3 Å². The van der Waals surface area contributed by atoms with Crippen LogP contribution in [-0.4, -0.2) is 104 Å². The highest BCUT2D eigenvalue weighted by atomic mass is 16.7. The summed E-state index contributed by atoms with van der Waals surface area (Å²) in [4.78, 5) is 13.0. The van der Waals surface area contributed by atoms with Gasteiger partial charge in [-0.1, -0.05) is 12.1 Å². The van der Waals surface area contributed by atoms with Crippen LogP contribution in [0.15, 0.2) is 57.9 Å². The van der Waals surface area contributed by atoms with Crippen LogP contribution in [0.5, 0.6) is 11.5 Å². The van der Waals surface area contributed by atoms with E-state index in [4.69, 9.17) is 23.4 Å². The Morgan fingerprint density at radius 2 is 1.56 bits per heavy atom. The molecule has 0 radical (unpaired) electrons. The monoisotopic (exact) mass is 548 g/mol. The summed E-state index contributed by atoms with van der Waals surface area (Å²) < 4.78 is 27.5. The first-order valence-electron chi connectivity index (χ1n) is 12.1. The number of rotatable bonds is 6. The van der Waals surface area contributed by atoms with E-state index < -0.39 is 61.9 Å². The summed E-state index contributed by atoms with van der Waals surface area (Å²) in [6, 6.07) is 10.4. The molecule has 9 atom stereocenters. The Kier molecular flexibility index (Phi) is 7.87. The molecule has 39 heavy (non-hydrogen) atoms. The number of benzene rings is 2. The number of phenols is 1. The molecule has 0 aliphatic carbocycles. The lowest BCUT2D eigenvalue weighted by Crippen LogP contribution is -2.61. The second-order valence-electron chi connectivity index (χ2n) is 9.40. The lowest BCUT2D eigenvalue weighted by Gasteiger charge is -2.41. The zero-order valence-electron chi connectivity index (χ0n) is 20.3. The van der Waals surface area contributed by atoms with Crippen LogP contribution in [-0.2, 0) is 14.2 Å². The molecule has 2 aliphatic heterocycles. The van der Waals surface area contributed by atoms with Crippen molar-refractivity contribution in [2.24, 2.45) is 0 Å². The maximum Gasteiger partial charge on any atom is 0.229 e. The standard InChI is InChI=1S/C26H28O13/c27-12-3-1-11(2-4-12)15-8-35-17-7-13(5-6-14(17)19(15)29)38-26-24(34)22(32)21(31)18(39-26)10-37-25-23(33)20(30)16(28)9-36-25/h1-8,16,18,20-28,30-34H,9-10H2/t16-,18+,20-,21+,22-,23+,24+,25-,26+/m0/s1. The predicted molar refractivity (Wildman–Crippen MR) is 131 cm³/mol. The topological polar surface area (TPSA) is 209 Å². The van der Waals surface area contributed by atoms with E-state index >= 15 is 0 Å². The van der Waals surface area contributed by atoms with Gasteiger partial charge < -0.3 is 59.1 Å². The summed E-state index contributed by atoms with van der Waals surface area (Å²) in [5.41, 5.74) is 0.703. The molecule has 3 heterocycles. The third-order valence-electron chi connectivity index (χ3n) is 6.72. The van der Waals surface area contributed by atoms with Crippen LogP contribution in [0.2, 0.25) is 0 Å². The number of fused-ring (bicyclic) bond motifs is 1. The average molecular weight is 548 g/mol. The Bertz CT molecular complexity index is 1340. The van der Waals surface area contributed by atoms with Crippen LogP contribution in [0.3, 0.4) is 0 Å². The Labute approximate surface area is 220 Å². The number of aliphatic hydroxyl groups excluding tert-OH is 6. The number of aromatic hydroxyl groups is 1. The fourth-order valence-corrected chi connectivity index (χ4v) is 4.42. The minimum absolute atomic E-state index is 0.0582. The molecular formula is C26H28O13. The lowest BCUT2D eigenvalue weighted by molar-refractivity contribution is -0.307. The fourth-order valence-electron chi connectivity index (χ4n) is 4.42. The quantitative estimate of drug-likeness (QED) is 0.193. The molecule has 1 aromatic heterocycles. The van der Waals surface area contributed by atoms with Crippen molar-refractivity contribution in [3.63, 3.8) is 0 Å². The zero-order valence-corrected chi connectivity index (χ0v) is 20.3. The largest absolute Gasteiger partial charge is 0.508 e. The predicted octanol–water partition coefficient (Wildman–Crippen LogP) is -1.19. The number of hydrogen-bond donors (Lipinski definition) is 7. The first-order valence-corrected chi connectivity index (χ1v) is 12.1. The van der Waals surface area contributed by atoms with Gasteiger partial charge in [0.15, 0.2) is 11.7 Å². The molecule has 13 heteroatoms. The molecule has 2 aromatic carbocycles. The number of hydrogen-bond acceptors (Lipinski definition) is 13. The molecule has 2 fully saturated rings. The van der Waals surface area contributed by atoms with Gasteiger partial charge in [-0.3, -0.25) is 4.79 Å². The Morgan fingerprint density at radius 1 is 0.846 bits per heavy atom. The molecule has 3 aromatic rings. The lowest BCUT2D eigenvalue weighted by atomic mass is 9.99. The van der Waals surface area contributed by atoms with Crippen molar-refractivity contribution >= 4 is 11.0 Å². The van der Waals surface area contributed by atoms with Gasteiger partial charge in [0.1, 0.15) is 66.1 Å². The minimum atomic E-state index is -1.69. The van der Waals surface area contributed by atoms with Gasteiger partial charge in [0, 0.05) is 6.07 Å². The summed E-state index contributed by atoms with van der Waals surface area (Å²) >= 11 is 0. The molecule has 7 N–H and O–H groups in total. The highest BCUT2D eigenvalue weighted by Gasteiger charge is 2.46. The molecule has 0 amide bonds. The second kappa shape index (κ2) is 11.2. The molecule has 0 bridgehead atoms. The Morgan fingerprint density at radius 3 is 2.31 bits per heavy atom. The van der Waals surface area contributed by atoms with Gasteiger partial charge in [0.05, 0.1) is 24.2 Å². The Balaban J connectivity index is 1.29. The van der Waals surface area contributed by atoms with Crippen LogP contribution in [0.4, 0.5) is 0 Å². The van der Waals surface area contributed by atoms with Gasteiger partial charge in [-0.25, -0.2) is 0 Å². The number of phenolic OH excluding ortho intramolecular Hbond substituents is 1. The summed E-state index contributed by atoms with van der Waals surface area (Å²) in [7, 11) is 0. The van der Waals surface area contributed by atoms with E-state index in [1.807, 2.05) is 0 Å². The third kappa shape index (κ3) is 5.49. The summed E-state index contributed by atoms with van der Waals surface area (Å²) in [6.45, 7) is -0.722. The van der Waals surface area contributed by atoms with Crippen molar-refractivity contribution in [2.75, 3.05) is 13.2 Å². The highest BCUT2D eigenvalue weighted by molar-refractivity contribution is 5.82. The van der Waals surface area contributed by atoms with Crippen molar-refractivity contribution < 1.29 is 59.1 Å². The maximum absolute atomic E-state index is 13.0.